The van der Waals surface area contributed by atoms with Crippen LogP contribution in [0.1, 0.15) is 12.8 Å². The molecule has 0 saturated carbocycles. The van der Waals surface area contributed by atoms with Crippen molar-refractivity contribution in [2.75, 3.05) is 13.1 Å². The summed E-state index contributed by atoms with van der Waals surface area (Å²) in [6.45, 7) is 0.453. The van der Waals surface area contributed by atoms with E-state index in [9.17, 15) is 13.2 Å². The second-order valence-electron chi connectivity index (χ2n) is 4.10. The molecule has 1 aliphatic rings. The molecule has 1 aliphatic heterocycles. The minimum atomic E-state index is -3.55. The summed E-state index contributed by atoms with van der Waals surface area (Å²) in [7, 11) is -3.55. The summed E-state index contributed by atoms with van der Waals surface area (Å²) in [5.41, 5.74) is 0. The van der Waals surface area contributed by atoms with Gasteiger partial charge in [-0.3, -0.25) is 4.79 Å². The lowest BCUT2D eigenvalue weighted by Crippen LogP contribution is -2.41. The smallest absolute Gasteiger partial charge is 0.307 e. The number of sulfonamides is 1. The molecule has 2 heterocycles. The molecule has 1 atom stereocenters. The first-order chi connectivity index (χ1) is 8.41. The summed E-state index contributed by atoms with van der Waals surface area (Å²) in [6, 6.07) is 3.21. The highest BCUT2D eigenvalue weighted by atomic mass is 79.9. The van der Waals surface area contributed by atoms with Gasteiger partial charge in [-0.05, 0) is 40.9 Å². The van der Waals surface area contributed by atoms with Gasteiger partial charge in [0.1, 0.15) is 4.21 Å². The first-order valence-corrected chi connectivity index (χ1v) is 8.44. The topological polar surface area (TPSA) is 74.7 Å². The Labute approximate surface area is 118 Å². The molecule has 100 valence electrons. The monoisotopic (exact) mass is 353 g/mol. The van der Waals surface area contributed by atoms with Crippen LogP contribution in [0.2, 0.25) is 0 Å². The number of hydrogen-bond donors (Lipinski definition) is 1. The molecule has 0 spiro atoms. The van der Waals surface area contributed by atoms with Crippen molar-refractivity contribution in [1.82, 2.24) is 4.31 Å². The van der Waals surface area contributed by atoms with E-state index in [2.05, 4.69) is 15.9 Å². The Hall–Kier alpha value is -0.440. The Morgan fingerprint density at radius 2 is 2.22 bits per heavy atom. The maximum atomic E-state index is 12.3. The molecule has 0 aromatic carbocycles. The Morgan fingerprint density at radius 3 is 2.78 bits per heavy atom. The lowest BCUT2D eigenvalue weighted by molar-refractivity contribution is -0.142. The van der Waals surface area contributed by atoms with Crippen molar-refractivity contribution in [2.24, 2.45) is 5.92 Å². The summed E-state index contributed by atoms with van der Waals surface area (Å²) >= 11 is 4.36. The number of carbonyl (C=O) groups is 1. The van der Waals surface area contributed by atoms with Crippen LogP contribution in [0.3, 0.4) is 0 Å². The first-order valence-electron chi connectivity index (χ1n) is 5.39. The number of carboxylic acid groups (broad SMARTS) is 1. The molecule has 0 unspecified atom stereocenters. The van der Waals surface area contributed by atoms with Crippen LogP contribution in [-0.4, -0.2) is 36.9 Å². The third-order valence-corrected chi connectivity index (χ3v) is 6.83. The van der Waals surface area contributed by atoms with Crippen LogP contribution in [0, 0.1) is 5.92 Å². The van der Waals surface area contributed by atoms with Crippen molar-refractivity contribution in [1.29, 1.82) is 0 Å². The molecule has 1 saturated heterocycles. The van der Waals surface area contributed by atoms with Crippen LogP contribution in [-0.2, 0) is 14.8 Å². The second-order valence-corrected chi connectivity index (χ2v) is 8.73. The fourth-order valence-corrected chi connectivity index (χ4v) is 5.61. The molecule has 0 aliphatic carbocycles. The van der Waals surface area contributed by atoms with Gasteiger partial charge in [-0.25, -0.2) is 8.42 Å². The molecule has 1 N–H and O–H groups in total. The zero-order valence-corrected chi connectivity index (χ0v) is 12.6. The quantitative estimate of drug-likeness (QED) is 0.901. The van der Waals surface area contributed by atoms with Crippen LogP contribution >= 0.6 is 27.3 Å². The minimum Gasteiger partial charge on any atom is -0.481 e. The standard InChI is InChI=1S/C10H12BrNO4S2/c11-8-3-4-9(17-8)18(15,16)12-5-1-2-7(6-12)10(13)14/h3-4,7H,1-2,5-6H2,(H,13,14)/t7-/m0/s1. The Kier molecular flexibility index (Phi) is 4.10. The molecule has 0 radical (unpaired) electrons. The summed E-state index contributed by atoms with van der Waals surface area (Å²) < 4.78 is 26.8. The fraction of sp³-hybridized carbons (Fsp3) is 0.500. The van der Waals surface area contributed by atoms with E-state index in [4.69, 9.17) is 5.11 Å². The normalized spacial score (nSPS) is 21.9. The zero-order chi connectivity index (χ0) is 13.3. The van der Waals surface area contributed by atoms with E-state index < -0.39 is 21.9 Å². The molecular formula is C10H12BrNO4S2. The number of hydrogen-bond acceptors (Lipinski definition) is 4. The lowest BCUT2D eigenvalue weighted by Gasteiger charge is -2.29. The van der Waals surface area contributed by atoms with Crippen molar-refractivity contribution in [2.45, 2.75) is 17.1 Å². The first kappa shape index (κ1) is 14.0. The molecule has 5 nitrogen and oxygen atoms in total. The van der Waals surface area contributed by atoms with E-state index >= 15 is 0 Å². The average molecular weight is 354 g/mol. The van der Waals surface area contributed by atoms with Crippen LogP contribution in [0.15, 0.2) is 20.1 Å². The Morgan fingerprint density at radius 1 is 1.50 bits per heavy atom. The third-order valence-electron chi connectivity index (χ3n) is 2.88. The van der Waals surface area contributed by atoms with E-state index in [1.807, 2.05) is 0 Å². The van der Waals surface area contributed by atoms with Gasteiger partial charge in [0.2, 0.25) is 0 Å². The highest BCUT2D eigenvalue weighted by Crippen LogP contribution is 2.30. The van der Waals surface area contributed by atoms with Gasteiger partial charge in [0.05, 0.1) is 9.70 Å². The van der Waals surface area contributed by atoms with E-state index in [0.29, 0.717) is 19.4 Å². The van der Waals surface area contributed by atoms with Crippen LogP contribution in [0.5, 0.6) is 0 Å². The number of rotatable bonds is 3. The summed E-state index contributed by atoms with van der Waals surface area (Å²) in [5, 5.41) is 8.97. The van der Waals surface area contributed by atoms with E-state index in [0.717, 1.165) is 15.1 Å². The molecule has 8 heteroatoms. The molecule has 1 aromatic heterocycles. The van der Waals surface area contributed by atoms with E-state index in [1.165, 1.54) is 10.4 Å². The predicted octanol–water partition coefficient (Wildman–Crippen LogP) is 2.00. The summed E-state index contributed by atoms with van der Waals surface area (Å²) in [6.07, 6.45) is 1.12. The van der Waals surface area contributed by atoms with Gasteiger partial charge in [0, 0.05) is 13.1 Å². The second kappa shape index (κ2) is 5.28. The maximum Gasteiger partial charge on any atom is 0.307 e. The molecule has 2 rings (SSSR count). The molecular weight excluding hydrogens is 342 g/mol. The molecule has 1 fully saturated rings. The van der Waals surface area contributed by atoms with Crippen molar-refractivity contribution in [3.05, 3.63) is 15.9 Å². The maximum absolute atomic E-state index is 12.3. The van der Waals surface area contributed by atoms with Crippen LogP contribution in [0.4, 0.5) is 0 Å². The van der Waals surface area contributed by atoms with Gasteiger partial charge in [-0.2, -0.15) is 4.31 Å². The Bertz CT molecular complexity index is 554. The van der Waals surface area contributed by atoms with Crippen molar-refractivity contribution >= 4 is 43.3 Å². The van der Waals surface area contributed by atoms with Gasteiger partial charge >= 0.3 is 5.97 Å². The van der Waals surface area contributed by atoms with Gasteiger partial charge < -0.3 is 5.11 Å². The molecule has 18 heavy (non-hydrogen) atoms. The van der Waals surface area contributed by atoms with E-state index in [1.54, 1.807) is 6.07 Å². The van der Waals surface area contributed by atoms with Crippen molar-refractivity contribution < 1.29 is 18.3 Å². The van der Waals surface area contributed by atoms with E-state index in [-0.39, 0.29) is 10.8 Å². The highest BCUT2D eigenvalue weighted by molar-refractivity contribution is 9.11. The minimum absolute atomic E-state index is 0.0627. The van der Waals surface area contributed by atoms with Crippen molar-refractivity contribution in [3.63, 3.8) is 0 Å². The third kappa shape index (κ3) is 2.76. The SMILES string of the molecule is O=C(O)[C@H]1CCCN(S(=O)(=O)c2ccc(Br)s2)C1. The van der Waals surface area contributed by atoms with Crippen LogP contribution in [0.25, 0.3) is 0 Å². The summed E-state index contributed by atoms with van der Waals surface area (Å²) in [5.74, 6) is -1.53. The lowest BCUT2D eigenvalue weighted by atomic mass is 10.0. The van der Waals surface area contributed by atoms with Crippen molar-refractivity contribution in [3.8, 4) is 0 Å². The average Bonchev–Trinajstić information content (AvgIpc) is 2.77. The molecule has 0 bridgehead atoms. The number of nitrogens with zero attached hydrogens (tertiary/aromatic N) is 1. The largest absolute Gasteiger partial charge is 0.481 e. The number of thiophene rings is 1. The van der Waals surface area contributed by atoms with Gasteiger partial charge in [0.25, 0.3) is 10.0 Å². The zero-order valence-electron chi connectivity index (χ0n) is 9.37. The van der Waals surface area contributed by atoms with Gasteiger partial charge in [0.15, 0.2) is 0 Å². The number of carboxylic acids is 1. The highest BCUT2D eigenvalue weighted by Gasteiger charge is 2.33. The van der Waals surface area contributed by atoms with Crippen LogP contribution < -0.4 is 0 Å². The molecule has 1 aromatic rings. The van der Waals surface area contributed by atoms with Gasteiger partial charge in [-0.15, -0.1) is 11.3 Å². The molecule has 0 amide bonds. The Balaban J connectivity index is 2.22. The fourth-order valence-electron chi connectivity index (χ4n) is 1.93. The summed E-state index contributed by atoms with van der Waals surface area (Å²) in [4.78, 5) is 10.9. The number of aliphatic carboxylic acids is 1. The number of piperidine rings is 1. The van der Waals surface area contributed by atoms with Gasteiger partial charge in [-0.1, -0.05) is 0 Å². The number of halogens is 1. The predicted molar refractivity (Wildman–Crippen MR) is 71.1 cm³/mol.